The first-order valence-corrected chi connectivity index (χ1v) is 3.98. The Bertz CT molecular complexity index is 363. The Morgan fingerprint density at radius 3 is 2.64 bits per heavy atom. The number of carboxylic acid groups (broad SMARTS) is 1. The number of aromatic carboxylic acids is 1. The minimum Gasteiger partial charge on any atom is -0.494 e. The molecule has 14 heavy (non-hydrogen) atoms. The third-order valence-electron chi connectivity index (χ3n) is 1.85. The van der Waals surface area contributed by atoms with Crippen LogP contribution in [-0.4, -0.2) is 25.2 Å². The standard InChI is InChI=1S/C9H12N2O3/c1-11-8-6(10)3-5(9(12)13)4-7(8)14-2/h3-4,11H,10H2,1-2H3,(H,12,13). The van der Waals surface area contributed by atoms with Crippen LogP contribution in [0.2, 0.25) is 0 Å². The van der Waals surface area contributed by atoms with Crippen molar-refractivity contribution in [3.8, 4) is 5.75 Å². The van der Waals surface area contributed by atoms with Gasteiger partial charge in [-0.05, 0) is 12.1 Å². The molecule has 5 heteroatoms. The molecule has 0 fully saturated rings. The normalized spacial score (nSPS) is 9.57. The second-order valence-corrected chi connectivity index (χ2v) is 2.70. The Morgan fingerprint density at radius 2 is 2.21 bits per heavy atom. The van der Waals surface area contributed by atoms with E-state index in [0.717, 1.165) is 0 Å². The van der Waals surface area contributed by atoms with E-state index in [1.807, 2.05) is 0 Å². The fraction of sp³-hybridized carbons (Fsp3) is 0.222. The van der Waals surface area contributed by atoms with E-state index in [9.17, 15) is 4.79 Å². The van der Waals surface area contributed by atoms with Crippen molar-refractivity contribution in [3.05, 3.63) is 17.7 Å². The molecular formula is C9H12N2O3. The van der Waals surface area contributed by atoms with Crippen LogP contribution in [0, 0.1) is 0 Å². The molecule has 76 valence electrons. The summed E-state index contributed by atoms with van der Waals surface area (Å²) in [7, 11) is 3.15. The molecule has 0 spiro atoms. The van der Waals surface area contributed by atoms with E-state index in [1.54, 1.807) is 7.05 Å². The predicted octanol–water partition coefficient (Wildman–Crippen LogP) is 1.02. The first kappa shape index (κ1) is 10.2. The quantitative estimate of drug-likeness (QED) is 0.628. The highest BCUT2D eigenvalue weighted by atomic mass is 16.5. The number of rotatable bonds is 3. The number of anilines is 2. The van der Waals surface area contributed by atoms with Gasteiger partial charge in [0, 0.05) is 7.05 Å². The van der Waals surface area contributed by atoms with Gasteiger partial charge in [0.25, 0.3) is 0 Å². The maximum atomic E-state index is 10.7. The van der Waals surface area contributed by atoms with Crippen LogP contribution in [0.3, 0.4) is 0 Å². The van der Waals surface area contributed by atoms with Crippen LogP contribution >= 0.6 is 0 Å². The molecule has 0 saturated carbocycles. The van der Waals surface area contributed by atoms with Crippen molar-refractivity contribution in [1.29, 1.82) is 0 Å². The third-order valence-corrected chi connectivity index (χ3v) is 1.85. The minimum absolute atomic E-state index is 0.110. The van der Waals surface area contributed by atoms with Crippen LogP contribution in [0.15, 0.2) is 12.1 Å². The van der Waals surface area contributed by atoms with Crippen LogP contribution in [0.25, 0.3) is 0 Å². The predicted molar refractivity (Wildman–Crippen MR) is 53.9 cm³/mol. The molecule has 0 heterocycles. The van der Waals surface area contributed by atoms with Gasteiger partial charge in [0.05, 0.1) is 24.0 Å². The molecule has 0 atom stereocenters. The molecule has 0 aromatic heterocycles. The number of nitrogens with one attached hydrogen (secondary N) is 1. The number of carbonyl (C=O) groups is 1. The number of nitrogen functional groups attached to an aromatic ring is 1. The van der Waals surface area contributed by atoms with E-state index in [0.29, 0.717) is 17.1 Å². The summed E-state index contributed by atoms with van der Waals surface area (Å²) in [4.78, 5) is 10.7. The molecule has 0 aliphatic rings. The highest BCUT2D eigenvalue weighted by Crippen LogP contribution is 2.31. The van der Waals surface area contributed by atoms with Gasteiger partial charge in [-0.25, -0.2) is 4.79 Å². The Hall–Kier alpha value is -1.91. The fourth-order valence-electron chi connectivity index (χ4n) is 1.19. The number of hydrogen-bond donors (Lipinski definition) is 3. The summed E-state index contributed by atoms with van der Waals surface area (Å²) >= 11 is 0. The number of nitrogens with two attached hydrogens (primary N) is 1. The van der Waals surface area contributed by atoms with Gasteiger partial charge < -0.3 is 20.9 Å². The first-order chi connectivity index (χ1) is 6.60. The number of carboxylic acids is 1. The summed E-state index contributed by atoms with van der Waals surface area (Å²) in [5, 5.41) is 11.6. The van der Waals surface area contributed by atoms with E-state index in [-0.39, 0.29) is 5.56 Å². The van der Waals surface area contributed by atoms with Crippen molar-refractivity contribution >= 4 is 17.3 Å². The highest BCUT2D eigenvalue weighted by Gasteiger charge is 2.11. The summed E-state index contributed by atoms with van der Waals surface area (Å²) < 4.78 is 5.00. The molecule has 0 unspecified atom stereocenters. The molecule has 1 aromatic rings. The molecule has 5 nitrogen and oxygen atoms in total. The van der Waals surface area contributed by atoms with Crippen LogP contribution in [0.5, 0.6) is 5.75 Å². The first-order valence-electron chi connectivity index (χ1n) is 3.98. The number of benzene rings is 1. The van der Waals surface area contributed by atoms with Crippen molar-refractivity contribution in [2.24, 2.45) is 0 Å². The summed E-state index contributed by atoms with van der Waals surface area (Å²) in [5.41, 5.74) is 6.70. The van der Waals surface area contributed by atoms with Crippen LogP contribution in [0.4, 0.5) is 11.4 Å². The maximum Gasteiger partial charge on any atom is 0.335 e. The van der Waals surface area contributed by atoms with E-state index in [1.165, 1.54) is 19.2 Å². The van der Waals surface area contributed by atoms with Gasteiger partial charge in [0.1, 0.15) is 5.75 Å². The average Bonchev–Trinajstić information content (AvgIpc) is 2.16. The smallest absolute Gasteiger partial charge is 0.335 e. The topological polar surface area (TPSA) is 84.6 Å². The van der Waals surface area contributed by atoms with E-state index >= 15 is 0 Å². The molecule has 0 aliphatic carbocycles. The van der Waals surface area contributed by atoms with E-state index in [4.69, 9.17) is 15.6 Å². The molecular weight excluding hydrogens is 184 g/mol. The van der Waals surface area contributed by atoms with Gasteiger partial charge in [0.15, 0.2) is 0 Å². The monoisotopic (exact) mass is 196 g/mol. The third kappa shape index (κ3) is 1.71. The van der Waals surface area contributed by atoms with Crippen molar-refractivity contribution < 1.29 is 14.6 Å². The van der Waals surface area contributed by atoms with Gasteiger partial charge in [-0.1, -0.05) is 0 Å². The highest BCUT2D eigenvalue weighted by molar-refractivity contribution is 5.92. The Labute approximate surface area is 81.5 Å². The largest absolute Gasteiger partial charge is 0.494 e. The number of ether oxygens (including phenoxy) is 1. The van der Waals surface area contributed by atoms with Gasteiger partial charge in [-0.2, -0.15) is 0 Å². The molecule has 0 saturated heterocycles. The maximum absolute atomic E-state index is 10.7. The van der Waals surface area contributed by atoms with Crippen molar-refractivity contribution in [1.82, 2.24) is 0 Å². The van der Waals surface area contributed by atoms with Crippen molar-refractivity contribution in [3.63, 3.8) is 0 Å². The van der Waals surface area contributed by atoms with Gasteiger partial charge >= 0.3 is 5.97 Å². The van der Waals surface area contributed by atoms with Crippen molar-refractivity contribution in [2.75, 3.05) is 25.2 Å². The Balaban J connectivity index is 3.31. The fourth-order valence-corrected chi connectivity index (χ4v) is 1.19. The molecule has 4 N–H and O–H groups in total. The zero-order valence-corrected chi connectivity index (χ0v) is 8.00. The van der Waals surface area contributed by atoms with Crippen LogP contribution < -0.4 is 15.8 Å². The van der Waals surface area contributed by atoms with Crippen LogP contribution in [0.1, 0.15) is 10.4 Å². The van der Waals surface area contributed by atoms with Gasteiger partial charge in [0.2, 0.25) is 0 Å². The lowest BCUT2D eigenvalue weighted by molar-refractivity contribution is 0.0696. The molecule has 1 rings (SSSR count). The zero-order valence-electron chi connectivity index (χ0n) is 8.00. The Kier molecular flexibility index (Phi) is 2.81. The second-order valence-electron chi connectivity index (χ2n) is 2.70. The summed E-state index contributed by atoms with van der Waals surface area (Å²) in [6.07, 6.45) is 0. The zero-order chi connectivity index (χ0) is 10.7. The molecule has 0 aliphatic heterocycles. The van der Waals surface area contributed by atoms with E-state index in [2.05, 4.69) is 5.32 Å². The second kappa shape index (κ2) is 3.87. The lowest BCUT2D eigenvalue weighted by atomic mass is 10.1. The van der Waals surface area contributed by atoms with E-state index < -0.39 is 5.97 Å². The SMILES string of the molecule is CNc1c(N)cc(C(=O)O)cc1OC. The molecule has 0 amide bonds. The minimum atomic E-state index is -1.03. The molecule has 0 bridgehead atoms. The van der Waals surface area contributed by atoms with Crippen LogP contribution in [-0.2, 0) is 0 Å². The summed E-state index contributed by atoms with van der Waals surface area (Å²) in [6, 6.07) is 2.81. The summed E-state index contributed by atoms with van der Waals surface area (Å²) in [6.45, 7) is 0. The lowest BCUT2D eigenvalue weighted by Gasteiger charge is -2.11. The van der Waals surface area contributed by atoms with Crippen molar-refractivity contribution in [2.45, 2.75) is 0 Å². The molecule has 0 radical (unpaired) electrons. The van der Waals surface area contributed by atoms with Gasteiger partial charge in [-0.15, -0.1) is 0 Å². The molecule has 1 aromatic carbocycles. The average molecular weight is 196 g/mol. The number of hydrogen-bond acceptors (Lipinski definition) is 4. The number of methoxy groups -OCH3 is 1. The Morgan fingerprint density at radius 1 is 1.57 bits per heavy atom. The summed E-state index contributed by atoms with van der Waals surface area (Å²) in [5.74, 6) is -0.609. The lowest BCUT2D eigenvalue weighted by Crippen LogP contribution is -2.03. The van der Waals surface area contributed by atoms with Gasteiger partial charge in [-0.3, -0.25) is 0 Å².